The molecule has 5 heteroatoms. The van der Waals surface area contributed by atoms with E-state index in [1.807, 2.05) is 24.3 Å². The third-order valence-electron chi connectivity index (χ3n) is 4.12. The van der Waals surface area contributed by atoms with Gasteiger partial charge in [-0.05, 0) is 18.9 Å². The van der Waals surface area contributed by atoms with Crippen molar-refractivity contribution in [2.75, 3.05) is 11.9 Å². The van der Waals surface area contributed by atoms with E-state index in [1.54, 1.807) is 0 Å². The van der Waals surface area contributed by atoms with Crippen LogP contribution in [0.4, 0.5) is 5.69 Å². The zero-order chi connectivity index (χ0) is 14.0. The first kappa shape index (κ1) is 12.8. The number of anilines is 1. The lowest BCUT2D eigenvalue weighted by atomic mass is 9.96. The number of hydrogen-bond acceptors (Lipinski definition) is 5. The maximum absolute atomic E-state index is 9.28. The topological polar surface area (TPSA) is 87.6 Å². The number of fused-ring (bicyclic) bond motifs is 1. The van der Waals surface area contributed by atoms with Crippen molar-refractivity contribution in [3.8, 4) is 6.07 Å². The van der Waals surface area contributed by atoms with Crippen LogP contribution >= 0.6 is 0 Å². The van der Waals surface area contributed by atoms with Crippen molar-refractivity contribution >= 4 is 16.6 Å². The normalized spacial score (nSPS) is 17.0. The van der Waals surface area contributed by atoms with Gasteiger partial charge < -0.3 is 11.1 Å². The zero-order valence-electron chi connectivity index (χ0n) is 11.3. The van der Waals surface area contributed by atoms with Crippen molar-refractivity contribution in [3.05, 3.63) is 30.0 Å². The molecular weight excluding hydrogens is 250 g/mol. The maximum atomic E-state index is 9.28. The highest BCUT2D eigenvalue weighted by Crippen LogP contribution is 2.35. The van der Waals surface area contributed by atoms with Crippen LogP contribution in [0.1, 0.15) is 31.4 Å². The predicted molar refractivity (Wildman–Crippen MR) is 78.1 cm³/mol. The molecule has 2 aromatic rings. The minimum absolute atomic E-state index is 0.114. The minimum atomic E-state index is -0.114. The van der Waals surface area contributed by atoms with Crippen LogP contribution in [0.25, 0.3) is 10.9 Å². The van der Waals surface area contributed by atoms with Crippen molar-refractivity contribution in [2.24, 2.45) is 5.73 Å². The first-order valence-electron chi connectivity index (χ1n) is 6.92. The second-order valence-electron chi connectivity index (χ2n) is 5.37. The summed E-state index contributed by atoms with van der Waals surface area (Å²) in [5, 5.41) is 21.8. The first-order chi connectivity index (χ1) is 9.78. The van der Waals surface area contributed by atoms with Crippen LogP contribution in [-0.2, 0) is 0 Å². The number of benzene rings is 1. The van der Waals surface area contributed by atoms with Gasteiger partial charge in [0.25, 0.3) is 0 Å². The van der Waals surface area contributed by atoms with Crippen molar-refractivity contribution in [1.82, 2.24) is 10.2 Å². The average molecular weight is 267 g/mol. The molecule has 1 aliphatic carbocycles. The monoisotopic (exact) mass is 267 g/mol. The summed E-state index contributed by atoms with van der Waals surface area (Å²) in [6.45, 7) is 0.564. The summed E-state index contributed by atoms with van der Waals surface area (Å²) in [4.78, 5) is 0. The summed E-state index contributed by atoms with van der Waals surface area (Å²) in [6, 6.07) is 9.85. The molecule has 1 heterocycles. The quantitative estimate of drug-likeness (QED) is 0.890. The third-order valence-corrected chi connectivity index (χ3v) is 4.12. The highest BCUT2D eigenvalue weighted by atomic mass is 15.1. The van der Waals surface area contributed by atoms with Crippen LogP contribution in [0.15, 0.2) is 24.3 Å². The molecule has 0 saturated heterocycles. The fraction of sp³-hybridized carbons (Fsp3) is 0.400. The van der Waals surface area contributed by atoms with Crippen LogP contribution in [0.5, 0.6) is 0 Å². The Bertz CT molecular complexity index is 668. The van der Waals surface area contributed by atoms with Gasteiger partial charge in [-0.1, -0.05) is 31.0 Å². The van der Waals surface area contributed by atoms with Gasteiger partial charge in [0.2, 0.25) is 0 Å². The SMILES string of the molecule is N#Cc1nnc2ccccc2c1NC1(CN)CCCC1. The van der Waals surface area contributed by atoms with E-state index in [4.69, 9.17) is 5.73 Å². The largest absolute Gasteiger partial charge is 0.375 e. The smallest absolute Gasteiger partial charge is 0.186 e. The molecule has 102 valence electrons. The molecule has 0 radical (unpaired) electrons. The summed E-state index contributed by atoms with van der Waals surface area (Å²) in [6.07, 6.45) is 4.40. The molecule has 3 N–H and O–H groups in total. The molecule has 3 rings (SSSR count). The minimum Gasteiger partial charge on any atom is -0.375 e. The van der Waals surface area contributed by atoms with Gasteiger partial charge in [-0.2, -0.15) is 5.26 Å². The Balaban J connectivity index is 2.12. The summed E-state index contributed by atoms with van der Waals surface area (Å²) in [7, 11) is 0. The summed E-state index contributed by atoms with van der Waals surface area (Å²) in [5.74, 6) is 0. The Labute approximate surface area is 117 Å². The molecule has 20 heavy (non-hydrogen) atoms. The van der Waals surface area contributed by atoms with Gasteiger partial charge in [-0.15, -0.1) is 10.2 Å². The zero-order valence-corrected chi connectivity index (χ0v) is 11.3. The van der Waals surface area contributed by atoms with Gasteiger partial charge >= 0.3 is 0 Å². The fourth-order valence-corrected chi connectivity index (χ4v) is 2.96. The number of nitrogens with two attached hydrogens (primary N) is 1. The van der Waals surface area contributed by atoms with Crippen molar-refractivity contribution in [1.29, 1.82) is 5.26 Å². The van der Waals surface area contributed by atoms with Gasteiger partial charge in [0, 0.05) is 17.5 Å². The number of aromatic nitrogens is 2. The van der Waals surface area contributed by atoms with E-state index >= 15 is 0 Å². The molecule has 1 aromatic carbocycles. The number of nitriles is 1. The molecule has 0 unspecified atom stereocenters. The molecule has 0 spiro atoms. The molecule has 5 nitrogen and oxygen atoms in total. The van der Waals surface area contributed by atoms with E-state index in [1.165, 1.54) is 12.8 Å². The van der Waals surface area contributed by atoms with Gasteiger partial charge in [0.15, 0.2) is 5.69 Å². The molecule has 1 aliphatic rings. The van der Waals surface area contributed by atoms with Crippen LogP contribution in [0, 0.1) is 11.3 Å². The van der Waals surface area contributed by atoms with E-state index in [-0.39, 0.29) is 5.54 Å². The van der Waals surface area contributed by atoms with Crippen LogP contribution in [0.2, 0.25) is 0 Å². The Morgan fingerprint density at radius 3 is 2.70 bits per heavy atom. The van der Waals surface area contributed by atoms with Gasteiger partial charge in [0.05, 0.1) is 11.2 Å². The van der Waals surface area contributed by atoms with Gasteiger partial charge in [-0.25, -0.2) is 0 Å². The summed E-state index contributed by atoms with van der Waals surface area (Å²) in [5.41, 5.74) is 7.75. The lowest BCUT2D eigenvalue weighted by molar-refractivity contribution is 0.493. The number of nitrogens with one attached hydrogen (secondary N) is 1. The number of hydrogen-bond donors (Lipinski definition) is 2. The number of rotatable bonds is 3. The van der Waals surface area contributed by atoms with Crippen LogP contribution in [0.3, 0.4) is 0 Å². The summed E-state index contributed by atoms with van der Waals surface area (Å²) >= 11 is 0. The van der Waals surface area contributed by atoms with Crippen molar-refractivity contribution < 1.29 is 0 Å². The lowest BCUT2D eigenvalue weighted by Gasteiger charge is -2.30. The van der Waals surface area contributed by atoms with E-state index in [0.29, 0.717) is 12.2 Å². The molecule has 1 aromatic heterocycles. The van der Waals surface area contributed by atoms with E-state index in [9.17, 15) is 5.26 Å². The Morgan fingerprint density at radius 1 is 1.25 bits per heavy atom. The van der Waals surface area contributed by atoms with Crippen LogP contribution < -0.4 is 11.1 Å². The highest BCUT2D eigenvalue weighted by molar-refractivity contribution is 5.93. The highest BCUT2D eigenvalue weighted by Gasteiger charge is 2.33. The standard InChI is InChI=1S/C15H17N5/c16-9-13-14(18-15(10-17)7-3-4-8-15)11-5-1-2-6-12(11)19-20-13/h1-2,5-6H,3-4,7-8,10,17H2,(H,18,19). The predicted octanol–water partition coefficient (Wildman–Crippen LogP) is 2.18. The van der Waals surface area contributed by atoms with E-state index < -0.39 is 0 Å². The molecular formula is C15H17N5. The molecule has 0 aliphatic heterocycles. The lowest BCUT2D eigenvalue weighted by Crippen LogP contribution is -2.43. The molecule has 0 atom stereocenters. The molecule has 1 saturated carbocycles. The maximum Gasteiger partial charge on any atom is 0.186 e. The van der Waals surface area contributed by atoms with Crippen molar-refractivity contribution in [2.45, 2.75) is 31.2 Å². The van der Waals surface area contributed by atoms with Gasteiger partial charge in [-0.3, -0.25) is 0 Å². The average Bonchev–Trinajstić information content (AvgIpc) is 2.97. The first-order valence-corrected chi connectivity index (χ1v) is 6.92. The second-order valence-corrected chi connectivity index (χ2v) is 5.37. The van der Waals surface area contributed by atoms with E-state index in [2.05, 4.69) is 21.6 Å². The molecule has 1 fully saturated rings. The Kier molecular flexibility index (Phi) is 3.25. The molecule has 0 amide bonds. The Morgan fingerprint density at radius 2 is 2.00 bits per heavy atom. The Hall–Kier alpha value is -2.19. The second kappa shape index (κ2) is 5.06. The number of nitrogens with zero attached hydrogens (tertiary/aromatic N) is 3. The van der Waals surface area contributed by atoms with Crippen LogP contribution in [-0.4, -0.2) is 22.3 Å². The van der Waals surface area contributed by atoms with E-state index in [0.717, 1.165) is 29.4 Å². The third kappa shape index (κ3) is 2.08. The van der Waals surface area contributed by atoms with Gasteiger partial charge in [0.1, 0.15) is 6.07 Å². The van der Waals surface area contributed by atoms with Crippen molar-refractivity contribution in [3.63, 3.8) is 0 Å². The molecule has 0 bridgehead atoms. The fourth-order valence-electron chi connectivity index (χ4n) is 2.96. The summed E-state index contributed by atoms with van der Waals surface area (Å²) < 4.78 is 0.